The van der Waals surface area contributed by atoms with Gasteiger partial charge in [0, 0.05) is 12.4 Å². The van der Waals surface area contributed by atoms with Gasteiger partial charge in [0.05, 0.1) is 0 Å². The van der Waals surface area contributed by atoms with Gasteiger partial charge in [-0.1, -0.05) is 38.1 Å². The Morgan fingerprint density at radius 3 is 2.06 bits per heavy atom. The SMILES string of the molecule is CC(C)Cc1ccc(C(O)c2ccncc2)cc1. The number of aliphatic hydroxyl groups is 1. The molecule has 2 aromatic rings. The molecular weight excluding hydrogens is 222 g/mol. The molecule has 94 valence electrons. The number of nitrogens with zero attached hydrogens (tertiary/aromatic N) is 1. The van der Waals surface area contributed by atoms with Crippen LogP contribution in [0.5, 0.6) is 0 Å². The van der Waals surface area contributed by atoms with Crippen molar-refractivity contribution in [1.82, 2.24) is 4.98 Å². The van der Waals surface area contributed by atoms with E-state index in [9.17, 15) is 5.11 Å². The van der Waals surface area contributed by atoms with Crippen molar-refractivity contribution in [1.29, 1.82) is 0 Å². The van der Waals surface area contributed by atoms with Gasteiger partial charge in [-0.15, -0.1) is 0 Å². The number of hydrogen-bond donors (Lipinski definition) is 1. The molecule has 2 heteroatoms. The van der Waals surface area contributed by atoms with Gasteiger partial charge in [-0.3, -0.25) is 4.98 Å². The summed E-state index contributed by atoms with van der Waals surface area (Å²) in [7, 11) is 0. The number of pyridine rings is 1. The Balaban J connectivity index is 2.14. The van der Waals surface area contributed by atoms with Gasteiger partial charge >= 0.3 is 0 Å². The third-order valence-corrected chi connectivity index (χ3v) is 2.96. The smallest absolute Gasteiger partial charge is 0.104 e. The lowest BCUT2D eigenvalue weighted by atomic mass is 9.98. The summed E-state index contributed by atoms with van der Waals surface area (Å²) in [5, 5.41) is 10.2. The fourth-order valence-electron chi connectivity index (χ4n) is 2.05. The van der Waals surface area contributed by atoms with E-state index in [1.54, 1.807) is 12.4 Å². The van der Waals surface area contributed by atoms with E-state index in [0.29, 0.717) is 5.92 Å². The van der Waals surface area contributed by atoms with Crippen LogP contribution >= 0.6 is 0 Å². The molecule has 0 saturated carbocycles. The van der Waals surface area contributed by atoms with Gasteiger partial charge in [0.25, 0.3) is 0 Å². The molecular formula is C16H19NO. The lowest BCUT2D eigenvalue weighted by molar-refractivity contribution is 0.220. The maximum absolute atomic E-state index is 10.2. The van der Waals surface area contributed by atoms with Crippen molar-refractivity contribution in [3.63, 3.8) is 0 Å². The zero-order valence-electron chi connectivity index (χ0n) is 10.9. The highest BCUT2D eigenvalue weighted by Crippen LogP contribution is 2.22. The Labute approximate surface area is 108 Å². The number of aliphatic hydroxyl groups excluding tert-OH is 1. The van der Waals surface area contributed by atoms with Crippen LogP contribution in [0.4, 0.5) is 0 Å². The second kappa shape index (κ2) is 5.78. The lowest BCUT2D eigenvalue weighted by Gasteiger charge is -2.12. The van der Waals surface area contributed by atoms with Crippen LogP contribution in [-0.2, 0) is 6.42 Å². The number of aromatic nitrogens is 1. The number of rotatable bonds is 4. The minimum Gasteiger partial charge on any atom is -0.384 e. The minimum atomic E-state index is -0.568. The first-order valence-electron chi connectivity index (χ1n) is 6.33. The summed E-state index contributed by atoms with van der Waals surface area (Å²) >= 11 is 0. The Kier molecular flexibility index (Phi) is 4.11. The van der Waals surface area contributed by atoms with E-state index in [4.69, 9.17) is 0 Å². The van der Waals surface area contributed by atoms with E-state index in [-0.39, 0.29) is 0 Å². The van der Waals surface area contributed by atoms with Crippen LogP contribution in [0.15, 0.2) is 48.8 Å². The summed E-state index contributed by atoms with van der Waals surface area (Å²) in [6.45, 7) is 4.42. The first-order valence-corrected chi connectivity index (χ1v) is 6.33. The fourth-order valence-corrected chi connectivity index (χ4v) is 2.05. The molecule has 1 atom stereocenters. The first kappa shape index (κ1) is 12.8. The summed E-state index contributed by atoms with van der Waals surface area (Å²) in [4.78, 5) is 3.96. The Hall–Kier alpha value is -1.67. The quantitative estimate of drug-likeness (QED) is 0.890. The zero-order chi connectivity index (χ0) is 13.0. The molecule has 2 nitrogen and oxygen atoms in total. The van der Waals surface area contributed by atoms with Gasteiger partial charge in [0.15, 0.2) is 0 Å². The van der Waals surface area contributed by atoms with Crippen molar-refractivity contribution in [2.45, 2.75) is 26.4 Å². The van der Waals surface area contributed by atoms with Crippen LogP contribution < -0.4 is 0 Å². The average molecular weight is 241 g/mol. The van der Waals surface area contributed by atoms with Gasteiger partial charge in [-0.25, -0.2) is 0 Å². The third kappa shape index (κ3) is 3.17. The first-order chi connectivity index (χ1) is 8.66. The van der Waals surface area contributed by atoms with Crippen LogP contribution in [0, 0.1) is 5.92 Å². The van der Waals surface area contributed by atoms with E-state index < -0.39 is 6.10 Å². The van der Waals surface area contributed by atoms with E-state index in [1.165, 1.54) is 5.56 Å². The molecule has 2 rings (SSSR count). The molecule has 18 heavy (non-hydrogen) atoms. The normalized spacial score (nSPS) is 12.7. The minimum absolute atomic E-state index is 0.568. The predicted molar refractivity (Wildman–Crippen MR) is 73.3 cm³/mol. The molecule has 0 saturated heterocycles. The molecule has 0 fully saturated rings. The summed E-state index contributed by atoms with van der Waals surface area (Å²) < 4.78 is 0. The van der Waals surface area contributed by atoms with Crippen molar-refractivity contribution in [3.05, 3.63) is 65.5 Å². The van der Waals surface area contributed by atoms with Crippen LogP contribution in [0.25, 0.3) is 0 Å². The van der Waals surface area contributed by atoms with Crippen LogP contribution in [0.2, 0.25) is 0 Å². The average Bonchev–Trinajstić information content (AvgIpc) is 2.39. The summed E-state index contributed by atoms with van der Waals surface area (Å²) in [6, 6.07) is 11.9. The molecule has 0 bridgehead atoms. The molecule has 1 aromatic heterocycles. The zero-order valence-corrected chi connectivity index (χ0v) is 10.9. The highest BCUT2D eigenvalue weighted by Gasteiger charge is 2.09. The van der Waals surface area contributed by atoms with Gasteiger partial charge in [0.1, 0.15) is 6.10 Å². The van der Waals surface area contributed by atoms with Crippen LogP contribution in [-0.4, -0.2) is 10.1 Å². The molecule has 0 amide bonds. The summed E-state index contributed by atoms with van der Waals surface area (Å²) in [6.07, 6.45) is 3.91. The van der Waals surface area contributed by atoms with E-state index >= 15 is 0 Å². The maximum Gasteiger partial charge on any atom is 0.104 e. The van der Waals surface area contributed by atoms with Gasteiger partial charge < -0.3 is 5.11 Å². The van der Waals surface area contributed by atoms with Crippen molar-refractivity contribution >= 4 is 0 Å². The molecule has 0 aliphatic carbocycles. The van der Waals surface area contributed by atoms with E-state index in [1.807, 2.05) is 24.3 Å². The molecule has 0 aliphatic rings. The second-order valence-electron chi connectivity index (χ2n) is 5.02. The van der Waals surface area contributed by atoms with Crippen LogP contribution in [0.3, 0.4) is 0 Å². The third-order valence-electron chi connectivity index (χ3n) is 2.96. The van der Waals surface area contributed by atoms with Crippen LogP contribution in [0.1, 0.15) is 36.6 Å². The summed E-state index contributed by atoms with van der Waals surface area (Å²) in [5.41, 5.74) is 3.12. The molecule has 0 radical (unpaired) electrons. The molecule has 0 spiro atoms. The van der Waals surface area contributed by atoms with E-state index in [0.717, 1.165) is 17.5 Å². The Morgan fingerprint density at radius 1 is 0.944 bits per heavy atom. The molecule has 1 unspecified atom stereocenters. The monoisotopic (exact) mass is 241 g/mol. The standard InChI is InChI=1S/C16H19NO/c1-12(2)11-13-3-5-14(6-4-13)16(18)15-7-9-17-10-8-15/h3-10,12,16,18H,11H2,1-2H3. The molecule has 1 aromatic carbocycles. The lowest BCUT2D eigenvalue weighted by Crippen LogP contribution is -2.00. The largest absolute Gasteiger partial charge is 0.384 e. The Bertz CT molecular complexity index is 476. The molecule has 0 aliphatic heterocycles. The van der Waals surface area contributed by atoms with Crippen molar-refractivity contribution < 1.29 is 5.11 Å². The van der Waals surface area contributed by atoms with E-state index in [2.05, 4.69) is 31.0 Å². The van der Waals surface area contributed by atoms with Gasteiger partial charge in [-0.2, -0.15) is 0 Å². The summed E-state index contributed by atoms with van der Waals surface area (Å²) in [5.74, 6) is 0.654. The van der Waals surface area contributed by atoms with Crippen molar-refractivity contribution in [2.75, 3.05) is 0 Å². The van der Waals surface area contributed by atoms with Crippen molar-refractivity contribution in [2.24, 2.45) is 5.92 Å². The topological polar surface area (TPSA) is 33.1 Å². The Morgan fingerprint density at radius 2 is 1.50 bits per heavy atom. The van der Waals surface area contributed by atoms with Gasteiger partial charge in [-0.05, 0) is 41.2 Å². The van der Waals surface area contributed by atoms with Gasteiger partial charge in [0.2, 0.25) is 0 Å². The number of benzene rings is 1. The maximum atomic E-state index is 10.2. The highest BCUT2D eigenvalue weighted by atomic mass is 16.3. The molecule has 1 N–H and O–H groups in total. The molecule has 1 heterocycles. The number of hydrogen-bond acceptors (Lipinski definition) is 2. The predicted octanol–water partition coefficient (Wildman–Crippen LogP) is 3.36. The fraction of sp³-hybridized carbons (Fsp3) is 0.312. The van der Waals surface area contributed by atoms with Crippen molar-refractivity contribution in [3.8, 4) is 0 Å². The second-order valence-corrected chi connectivity index (χ2v) is 5.02. The highest BCUT2D eigenvalue weighted by molar-refractivity contribution is 5.31.